The second-order valence-corrected chi connectivity index (χ2v) is 6.04. The van der Waals surface area contributed by atoms with Gasteiger partial charge in [0, 0.05) is 5.70 Å². The molecule has 0 saturated carbocycles. The zero-order valence-electron chi connectivity index (χ0n) is 15.4. The van der Waals surface area contributed by atoms with E-state index < -0.39 is 23.3 Å². The number of phenols is 2. The number of nitrogens with zero attached hydrogens (tertiary/aromatic N) is 2. The van der Waals surface area contributed by atoms with Crippen molar-refractivity contribution >= 4 is 22.7 Å². The second-order valence-electron chi connectivity index (χ2n) is 6.04. The molecule has 0 aliphatic heterocycles. The number of esters is 1. The molecule has 8 heteroatoms. The lowest BCUT2D eigenvalue weighted by Gasteiger charge is -2.14. The number of phenolic OH excluding ortho intramolecular Hbond substituents is 2. The van der Waals surface area contributed by atoms with Crippen LogP contribution in [-0.4, -0.2) is 40.0 Å². The summed E-state index contributed by atoms with van der Waals surface area (Å²) in [6, 6.07) is 8.35. The van der Waals surface area contributed by atoms with Gasteiger partial charge < -0.3 is 19.7 Å². The van der Waals surface area contributed by atoms with Crippen molar-refractivity contribution in [1.82, 2.24) is 9.55 Å². The fraction of sp³-hybridized carbons (Fsp3) is 0.200. The van der Waals surface area contributed by atoms with Crippen LogP contribution in [0, 0.1) is 5.82 Å². The van der Waals surface area contributed by atoms with Crippen LogP contribution in [0.4, 0.5) is 4.39 Å². The minimum atomic E-state index is -1.05. The van der Waals surface area contributed by atoms with Gasteiger partial charge in [-0.1, -0.05) is 18.7 Å². The number of carbonyl (C=O) groups excluding carboxylic acids is 1. The number of fused-ring (bicyclic) bond motifs is 1. The van der Waals surface area contributed by atoms with E-state index in [2.05, 4.69) is 16.3 Å². The van der Waals surface area contributed by atoms with Crippen LogP contribution in [0.1, 0.15) is 12.8 Å². The Morgan fingerprint density at radius 2 is 1.93 bits per heavy atom. The summed E-state index contributed by atoms with van der Waals surface area (Å²) < 4.78 is 26.1. The lowest BCUT2D eigenvalue weighted by molar-refractivity contribution is -0.140. The highest BCUT2D eigenvalue weighted by atomic mass is 19.1. The van der Waals surface area contributed by atoms with Gasteiger partial charge in [0.2, 0.25) is 5.75 Å². The number of methoxy groups -OCH3 is 2. The first-order chi connectivity index (χ1) is 13.4. The quantitative estimate of drug-likeness (QED) is 0.496. The maximum absolute atomic E-state index is 14.8. The van der Waals surface area contributed by atoms with Crippen LogP contribution in [0.15, 0.2) is 36.9 Å². The first-order valence-corrected chi connectivity index (χ1v) is 8.40. The number of para-hydroxylation sites is 2. The van der Waals surface area contributed by atoms with Crippen LogP contribution < -0.4 is 4.74 Å². The zero-order valence-corrected chi connectivity index (χ0v) is 15.4. The van der Waals surface area contributed by atoms with Gasteiger partial charge in [0.05, 0.1) is 37.2 Å². The van der Waals surface area contributed by atoms with Crippen molar-refractivity contribution in [3.05, 3.63) is 42.7 Å². The Morgan fingerprint density at radius 1 is 1.21 bits per heavy atom. The Hall–Kier alpha value is -3.55. The molecule has 0 bridgehead atoms. The van der Waals surface area contributed by atoms with E-state index in [1.165, 1.54) is 20.3 Å². The van der Waals surface area contributed by atoms with Crippen LogP contribution in [0.25, 0.3) is 28.1 Å². The molecule has 0 atom stereocenters. The number of aromatic hydroxyl groups is 2. The number of hydrogen-bond acceptors (Lipinski definition) is 6. The third-order valence-electron chi connectivity index (χ3n) is 4.36. The first kappa shape index (κ1) is 19.2. The predicted octanol–water partition coefficient (Wildman–Crippen LogP) is 3.69. The molecule has 146 valence electrons. The Labute approximate surface area is 160 Å². The standard InChI is InChI=1S/C20H19FN2O5/c1-11(8-9-16(24)28-3)23-14-7-5-4-6-13(14)22-20(23)12-10-15(27-2)18(25)19(26)17(12)21/h4-7,10,25-26H,1,8-9H2,2-3H3. The number of imidazole rings is 1. The summed E-state index contributed by atoms with van der Waals surface area (Å²) in [5, 5.41) is 19.8. The van der Waals surface area contributed by atoms with Crippen molar-refractivity contribution < 1.29 is 28.9 Å². The van der Waals surface area contributed by atoms with Gasteiger partial charge in [-0.15, -0.1) is 0 Å². The van der Waals surface area contributed by atoms with Crippen molar-refractivity contribution in [2.45, 2.75) is 12.8 Å². The SMILES string of the molecule is C=C(CCC(=O)OC)n1c(-c2cc(OC)c(O)c(O)c2F)nc2ccccc21. The number of aromatic nitrogens is 2. The minimum Gasteiger partial charge on any atom is -0.502 e. The molecule has 28 heavy (non-hydrogen) atoms. The molecule has 3 rings (SSSR count). The minimum absolute atomic E-state index is 0.0810. The van der Waals surface area contributed by atoms with Crippen molar-refractivity contribution in [2.75, 3.05) is 14.2 Å². The number of ether oxygens (including phenoxy) is 2. The molecule has 2 aromatic carbocycles. The third-order valence-corrected chi connectivity index (χ3v) is 4.36. The lowest BCUT2D eigenvalue weighted by Crippen LogP contribution is -2.05. The highest BCUT2D eigenvalue weighted by Crippen LogP contribution is 2.43. The Bertz CT molecular complexity index is 1070. The average molecular weight is 386 g/mol. The first-order valence-electron chi connectivity index (χ1n) is 8.40. The van der Waals surface area contributed by atoms with Crippen LogP contribution in [0.3, 0.4) is 0 Å². The number of rotatable bonds is 6. The summed E-state index contributed by atoms with van der Waals surface area (Å²) >= 11 is 0. The smallest absolute Gasteiger partial charge is 0.305 e. The molecule has 0 amide bonds. The molecule has 0 fully saturated rings. The molecule has 0 aliphatic rings. The largest absolute Gasteiger partial charge is 0.502 e. The van der Waals surface area contributed by atoms with E-state index in [9.17, 15) is 19.4 Å². The molecular weight excluding hydrogens is 367 g/mol. The number of carbonyl (C=O) groups is 1. The van der Waals surface area contributed by atoms with E-state index in [1.54, 1.807) is 28.8 Å². The Kier molecular flexibility index (Phi) is 5.21. The summed E-state index contributed by atoms with van der Waals surface area (Å²) in [6.07, 6.45) is 0.344. The molecular formula is C20H19FN2O5. The lowest BCUT2D eigenvalue weighted by atomic mass is 10.1. The molecule has 0 radical (unpaired) electrons. The Balaban J connectivity index is 2.21. The van der Waals surface area contributed by atoms with Crippen LogP contribution in [0.2, 0.25) is 0 Å². The third kappa shape index (κ3) is 3.24. The van der Waals surface area contributed by atoms with Gasteiger partial charge in [-0.2, -0.15) is 0 Å². The molecule has 1 heterocycles. The molecule has 0 spiro atoms. The van der Waals surface area contributed by atoms with Crippen molar-refractivity contribution in [1.29, 1.82) is 0 Å². The monoisotopic (exact) mass is 386 g/mol. The van der Waals surface area contributed by atoms with Gasteiger partial charge in [-0.05, 0) is 24.6 Å². The summed E-state index contributed by atoms with van der Waals surface area (Å²) in [5.41, 5.74) is 1.63. The van der Waals surface area contributed by atoms with E-state index in [4.69, 9.17) is 4.74 Å². The van der Waals surface area contributed by atoms with Crippen molar-refractivity contribution in [2.24, 2.45) is 0 Å². The topological polar surface area (TPSA) is 93.8 Å². The van der Waals surface area contributed by atoms with Gasteiger partial charge >= 0.3 is 5.97 Å². The van der Waals surface area contributed by atoms with Crippen LogP contribution in [-0.2, 0) is 9.53 Å². The molecule has 1 aromatic heterocycles. The highest BCUT2D eigenvalue weighted by molar-refractivity contribution is 5.86. The average Bonchev–Trinajstić information content (AvgIpc) is 3.09. The fourth-order valence-electron chi connectivity index (χ4n) is 2.92. The van der Waals surface area contributed by atoms with Crippen LogP contribution in [0.5, 0.6) is 17.2 Å². The summed E-state index contributed by atoms with van der Waals surface area (Å²) in [7, 11) is 2.58. The van der Waals surface area contributed by atoms with Gasteiger partial charge in [0.15, 0.2) is 17.3 Å². The summed E-state index contributed by atoms with van der Waals surface area (Å²) in [5.74, 6) is -3.03. The van der Waals surface area contributed by atoms with Crippen molar-refractivity contribution in [3.63, 3.8) is 0 Å². The van der Waals surface area contributed by atoms with Gasteiger partial charge in [-0.3, -0.25) is 9.36 Å². The van der Waals surface area contributed by atoms with E-state index >= 15 is 0 Å². The van der Waals surface area contributed by atoms with Crippen molar-refractivity contribution in [3.8, 4) is 28.6 Å². The van der Waals surface area contributed by atoms with Gasteiger partial charge in [0.25, 0.3) is 0 Å². The molecule has 0 aliphatic carbocycles. The number of allylic oxidation sites excluding steroid dienone is 1. The number of halogens is 1. The van der Waals surface area contributed by atoms with E-state index in [-0.39, 0.29) is 30.0 Å². The normalized spacial score (nSPS) is 10.8. The summed E-state index contributed by atoms with van der Waals surface area (Å²) in [4.78, 5) is 16.0. The van der Waals surface area contributed by atoms with E-state index in [0.29, 0.717) is 16.7 Å². The molecule has 0 unspecified atom stereocenters. The van der Waals surface area contributed by atoms with Crippen LogP contribution >= 0.6 is 0 Å². The second kappa shape index (κ2) is 7.59. The molecule has 0 saturated heterocycles. The Morgan fingerprint density at radius 3 is 2.61 bits per heavy atom. The van der Waals surface area contributed by atoms with E-state index in [1.807, 2.05) is 0 Å². The van der Waals surface area contributed by atoms with E-state index in [0.717, 1.165) is 0 Å². The van der Waals surface area contributed by atoms with Gasteiger partial charge in [0.1, 0.15) is 5.82 Å². The predicted molar refractivity (Wildman–Crippen MR) is 102 cm³/mol. The number of hydrogen-bond donors (Lipinski definition) is 2. The fourth-order valence-corrected chi connectivity index (χ4v) is 2.92. The number of benzene rings is 2. The highest BCUT2D eigenvalue weighted by Gasteiger charge is 2.24. The van der Waals surface area contributed by atoms with Gasteiger partial charge in [-0.25, -0.2) is 9.37 Å². The maximum atomic E-state index is 14.8. The maximum Gasteiger partial charge on any atom is 0.305 e. The zero-order chi connectivity index (χ0) is 20.4. The molecule has 2 N–H and O–H groups in total. The molecule has 3 aromatic rings. The molecule has 7 nitrogen and oxygen atoms in total. The summed E-state index contributed by atoms with van der Waals surface area (Å²) in [6.45, 7) is 4.00.